The molecular formula is C26H31N5O3S. The van der Waals surface area contributed by atoms with Crippen LogP contribution >= 0.6 is 0 Å². The molecule has 35 heavy (non-hydrogen) atoms. The number of sulfonamides is 1. The van der Waals surface area contributed by atoms with E-state index >= 15 is 0 Å². The number of benzene rings is 1. The summed E-state index contributed by atoms with van der Waals surface area (Å²) >= 11 is 0. The molecular weight excluding hydrogens is 462 g/mol. The summed E-state index contributed by atoms with van der Waals surface area (Å²) in [6.07, 6.45) is 6.63. The lowest BCUT2D eigenvalue weighted by molar-refractivity contribution is 0.143. The fraction of sp³-hybridized carbons (Fsp3) is 0.423. The van der Waals surface area contributed by atoms with E-state index in [-0.39, 0.29) is 23.1 Å². The average molecular weight is 494 g/mol. The van der Waals surface area contributed by atoms with Gasteiger partial charge in [-0.2, -0.15) is 4.31 Å². The van der Waals surface area contributed by atoms with E-state index in [1.54, 1.807) is 58.6 Å². The van der Waals surface area contributed by atoms with E-state index in [2.05, 4.69) is 16.8 Å². The number of anilines is 1. The molecule has 0 unspecified atom stereocenters. The molecule has 1 aliphatic carbocycles. The van der Waals surface area contributed by atoms with Crippen LogP contribution in [-0.4, -0.2) is 52.9 Å². The van der Waals surface area contributed by atoms with Crippen LogP contribution < -0.4 is 10.5 Å². The zero-order valence-corrected chi connectivity index (χ0v) is 21.1. The number of nitrogens with zero attached hydrogens (tertiary/aromatic N) is 5. The summed E-state index contributed by atoms with van der Waals surface area (Å²) in [7, 11) is 0.202. The van der Waals surface area contributed by atoms with Crippen LogP contribution in [0.15, 0.2) is 70.6 Å². The third-order valence-corrected chi connectivity index (χ3v) is 9.75. The van der Waals surface area contributed by atoms with Crippen molar-refractivity contribution < 1.29 is 8.42 Å². The highest BCUT2D eigenvalue weighted by molar-refractivity contribution is 7.89. The highest BCUT2D eigenvalue weighted by Crippen LogP contribution is 2.49. The monoisotopic (exact) mass is 493 g/mol. The van der Waals surface area contributed by atoms with E-state index in [9.17, 15) is 13.2 Å². The van der Waals surface area contributed by atoms with Crippen molar-refractivity contribution in [2.45, 2.75) is 49.6 Å². The number of hydrogen-bond acceptors (Lipinski definition) is 6. The molecule has 5 rings (SSSR count). The van der Waals surface area contributed by atoms with Gasteiger partial charge in [0.2, 0.25) is 16.0 Å². The molecule has 184 valence electrons. The van der Waals surface area contributed by atoms with Gasteiger partial charge < -0.3 is 4.90 Å². The van der Waals surface area contributed by atoms with Gasteiger partial charge in [0, 0.05) is 56.7 Å². The molecule has 1 saturated carbocycles. The first-order valence-electron chi connectivity index (χ1n) is 12.0. The van der Waals surface area contributed by atoms with E-state index in [4.69, 9.17) is 4.98 Å². The van der Waals surface area contributed by atoms with Crippen molar-refractivity contribution in [1.82, 2.24) is 18.8 Å². The molecule has 1 saturated heterocycles. The van der Waals surface area contributed by atoms with E-state index in [0.717, 1.165) is 31.2 Å². The zero-order valence-electron chi connectivity index (χ0n) is 20.3. The van der Waals surface area contributed by atoms with Gasteiger partial charge in [-0.15, -0.1) is 0 Å². The second-order valence-corrected chi connectivity index (χ2v) is 11.9. The maximum absolute atomic E-state index is 13.4. The fourth-order valence-corrected chi connectivity index (χ4v) is 7.58. The first-order valence-corrected chi connectivity index (χ1v) is 13.4. The maximum Gasteiger partial charge on any atom is 0.255 e. The molecule has 2 fully saturated rings. The van der Waals surface area contributed by atoms with Crippen LogP contribution in [0.25, 0.3) is 11.3 Å². The van der Waals surface area contributed by atoms with Crippen molar-refractivity contribution in [3.63, 3.8) is 0 Å². The van der Waals surface area contributed by atoms with Gasteiger partial charge >= 0.3 is 0 Å². The number of rotatable bonds is 5. The van der Waals surface area contributed by atoms with Gasteiger partial charge in [0.1, 0.15) is 0 Å². The SMILES string of the molecule is CN(c1nc(-c2ccncc2)cc(=O)n1C)[C@H]1CC[C@H]2N(S(=O)(=O)c3ccccc3)CC[C@@]2(C)C1. The summed E-state index contributed by atoms with van der Waals surface area (Å²) in [5, 5.41) is 0. The van der Waals surface area contributed by atoms with Crippen LogP contribution in [0, 0.1) is 5.41 Å². The lowest BCUT2D eigenvalue weighted by atomic mass is 9.70. The number of hydrogen-bond donors (Lipinski definition) is 0. The van der Waals surface area contributed by atoms with Gasteiger partial charge in [-0.3, -0.25) is 14.3 Å². The molecule has 1 aliphatic heterocycles. The minimum atomic E-state index is -3.53. The van der Waals surface area contributed by atoms with E-state index in [0.29, 0.717) is 23.1 Å². The van der Waals surface area contributed by atoms with E-state index in [1.807, 2.05) is 25.2 Å². The Morgan fingerprint density at radius 3 is 2.51 bits per heavy atom. The zero-order chi connectivity index (χ0) is 24.8. The van der Waals surface area contributed by atoms with Gasteiger partial charge in [-0.25, -0.2) is 13.4 Å². The molecule has 2 aromatic heterocycles. The Bertz CT molecular complexity index is 1380. The minimum absolute atomic E-state index is 0.0303. The highest BCUT2D eigenvalue weighted by Gasteiger charge is 2.52. The van der Waals surface area contributed by atoms with Crippen LogP contribution in [0.3, 0.4) is 0 Å². The first kappa shape index (κ1) is 23.7. The summed E-state index contributed by atoms with van der Waals surface area (Å²) in [5.41, 5.74) is 1.22. The summed E-state index contributed by atoms with van der Waals surface area (Å²) in [4.78, 5) is 24.1. The molecule has 3 heterocycles. The summed E-state index contributed by atoms with van der Waals surface area (Å²) in [5.74, 6) is 0.614. The van der Waals surface area contributed by atoms with Crippen LogP contribution in [0.4, 0.5) is 5.95 Å². The molecule has 3 atom stereocenters. The Morgan fingerprint density at radius 1 is 1.09 bits per heavy atom. The van der Waals surface area contributed by atoms with Crippen molar-refractivity contribution >= 4 is 16.0 Å². The molecule has 2 aliphatic rings. The first-order chi connectivity index (χ1) is 16.7. The molecule has 0 spiro atoms. The fourth-order valence-electron chi connectivity index (χ4n) is 5.78. The van der Waals surface area contributed by atoms with Crippen molar-refractivity contribution in [3.8, 4) is 11.3 Å². The Morgan fingerprint density at radius 2 is 1.80 bits per heavy atom. The maximum atomic E-state index is 13.4. The Hall–Kier alpha value is -3.04. The summed E-state index contributed by atoms with van der Waals surface area (Å²) < 4.78 is 30.1. The average Bonchev–Trinajstić information content (AvgIpc) is 3.23. The smallest absolute Gasteiger partial charge is 0.255 e. The molecule has 1 aromatic carbocycles. The number of fused-ring (bicyclic) bond motifs is 1. The molecule has 0 radical (unpaired) electrons. The van der Waals surface area contributed by atoms with Gasteiger partial charge in [0.05, 0.1) is 10.6 Å². The van der Waals surface area contributed by atoms with Crippen LogP contribution in [0.1, 0.15) is 32.6 Å². The van der Waals surface area contributed by atoms with Crippen LogP contribution in [-0.2, 0) is 17.1 Å². The highest BCUT2D eigenvalue weighted by atomic mass is 32.2. The summed E-state index contributed by atoms with van der Waals surface area (Å²) in [6, 6.07) is 14.1. The lowest BCUT2D eigenvalue weighted by Gasteiger charge is -2.45. The third-order valence-electron chi connectivity index (χ3n) is 7.83. The topological polar surface area (TPSA) is 88.4 Å². The second-order valence-electron chi connectivity index (χ2n) is 9.97. The van der Waals surface area contributed by atoms with Crippen molar-refractivity contribution in [3.05, 3.63) is 71.3 Å². The quantitative estimate of drug-likeness (QED) is 0.542. The number of aromatic nitrogens is 3. The molecule has 0 bridgehead atoms. The standard InChI is InChI=1S/C26H31N5O3S/c1-26-13-16-31(35(33,34)21-7-5-4-6-8-21)23(26)10-9-20(18-26)29(2)25-28-22(17-24(32)30(25)3)19-11-14-27-15-12-19/h4-8,11-12,14-15,17,20,23H,9-10,13,16,18H2,1-3H3/t20-,23+,26-/m0/s1. The summed E-state index contributed by atoms with van der Waals surface area (Å²) in [6.45, 7) is 2.74. The molecule has 9 heteroatoms. The van der Waals surface area contributed by atoms with E-state index in [1.165, 1.54) is 0 Å². The van der Waals surface area contributed by atoms with Crippen molar-refractivity contribution in [2.24, 2.45) is 12.5 Å². The van der Waals surface area contributed by atoms with Crippen molar-refractivity contribution in [1.29, 1.82) is 0 Å². The van der Waals surface area contributed by atoms with E-state index < -0.39 is 10.0 Å². The number of pyridine rings is 1. The van der Waals surface area contributed by atoms with Crippen molar-refractivity contribution in [2.75, 3.05) is 18.5 Å². The Labute approximate surface area is 206 Å². The minimum Gasteiger partial charge on any atom is -0.342 e. The van der Waals surface area contributed by atoms with Gasteiger partial charge in [-0.1, -0.05) is 25.1 Å². The van der Waals surface area contributed by atoms with Gasteiger partial charge in [0.15, 0.2) is 0 Å². The molecule has 0 N–H and O–H groups in total. The van der Waals surface area contributed by atoms with Crippen LogP contribution in [0.2, 0.25) is 0 Å². The van der Waals surface area contributed by atoms with Gasteiger partial charge in [-0.05, 0) is 55.4 Å². The molecule has 0 amide bonds. The largest absolute Gasteiger partial charge is 0.342 e. The Balaban J connectivity index is 1.40. The lowest BCUT2D eigenvalue weighted by Crippen LogP contribution is -2.50. The second kappa shape index (κ2) is 8.87. The molecule has 8 nitrogen and oxygen atoms in total. The Kier molecular flexibility index (Phi) is 6.01. The normalized spacial score (nSPS) is 24.8. The van der Waals surface area contributed by atoms with Crippen LogP contribution in [0.5, 0.6) is 0 Å². The predicted octanol–water partition coefficient (Wildman–Crippen LogP) is 3.30. The third kappa shape index (κ3) is 4.16. The molecule has 3 aromatic rings. The van der Waals surface area contributed by atoms with Gasteiger partial charge in [0.25, 0.3) is 5.56 Å². The predicted molar refractivity (Wildman–Crippen MR) is 136 cm³/mol.